The van der Waals surface area contributed by atoms with Crippen molar-refractivity contribution in [3.05, 3.63) is 34.0 Å². The Labute approximate surface area is 132 Å². The van der Waals surface area contributed by atoms with E-state index in [2.05, 4.69) is 15.0 Å². The van der Waals surface area contributed by atoms with Gasteiger partial charge in [0, 0.05) is 19.0 Å². The average molecular weight is 347 g/mol. The molecule has 0 saturated carbocycles. The SMILES string of the molecule is O=[N+]([O-])c1cnc(N2CCC[C@H](c3ncc(C(F)(F)F)[nH]3)C2)s1. The molecule has 0 spiro atoms. The number of thiazole rings is 1. The van der Waals surface area contributed by atoms with E-state index in [1.165, 1.54) is 6.20 Å². The normalized spacial score (nSPS) is 19.1. The van der Waals surface area contributed by atoms with E-state index in [9.17, 15) is 23.3 Å². The standard InChI is InChI=1S/C12H12F3N5O2S/c13-12(14,15)8-4-16-10(18-8)7-2-1-3-19(6-7)11-17-5-9(23-11)20(21)22/h4-5,7H,1-3,6H2,(H,16,18)/t7-/m0/s1. The van der Waals surface area contributed by atoms with Crippen molar-refractivity contribution >= 4 is 21.5 Å². The molecule has 0 amide bonds. The van der Waals surface area contributed by atoms with Crippen molar-refractivity contribution in [3.63, 3.8) is 0 Å². The van der Waals surface area contributed by atoms with Crippen molar-refractivity contribution in [3.8, 4) is 0 Å². The van der Waals surface area contributed by atoms with Gasteiger partial charge >= 0.3 is 11.2 Å². The monoisotopic (exact) mass is 347 g/mol. The Bertz CT molecular complexity index is 714. The minimum atomic E-state index is -4.45. The molecule has 7 nitrogen and oxygen atoms in total. The Morgan fingerprint density at radius 3 is 2.78 bits per heavy atom. The van der Waals surface area contributed by atoms with Crippen LogP contribution < -0.4 is 4.90 Å². The molecule has 1 N–H and O–H groups in total. The van der Waals surface area contributed by atoms with Crippen LogP contribution in [0.4, 0.5) is 23.3 Å². The van der Waals surface area contributed by atoms with E-state index in [1.807, 2.05) is 4.90 Å². The van der Waals surface area contributed by atoms with Crippen LogP contribution in [0.5, 0.6) is 0 Å². The highest BCUT2D eigenvalue weighted by Gasteiger charge is 2.34. The molecule has 2 aromatic heterocycles. The first-order chi connectivity index (χ1) is 10.8. The maximum absolute atomic E-state index is 12.6. The minimum Gasteiger partial charge on any atom is -0.347 e. The molecular formula is C12H12F3N5O2S. The van der Waals surface area contributed by atoms with Gasteiger partial charge in [0.05, 0.1) is 11.1 Å². The van der Waals surface area contributed by atoms with Gasteiger partial charge in [-0.15, -0.1) is 0 Å². The summed E-state index contributed by atoms with van der Waals surface area (Å²) in [6.07, 6.45) is -1.01. The number of rotatable bonds is 3. The highest BCUT2D eigenvalue weighted by molar-refractivity contribution is 7.18. The molecule has 1 aliphatic heterocycles. The minimum absolute atomic E-state index is 0.0560. The molecule has 3 heterocycles. The van der Waals surface area contributed by atoms with E-state index >= 15 is 0 Å². The average Bonchev–Trinajstić information content (AvgIpc) is 3.16. The number of alkyl halides is 3. The fraction of sp³-hybridized carbons (Fsp3) is 0.500. The Hall–Kier alpha value is -2.17. The van der Waals surface area contributed by atoms with Crippen LogP contribution in [0.15, 0.2) is 12.4 Å². The Morgan fingerprint density at radius 2 is 2.17 bits per heavy atom. The molecule has 0 aromatic carbocycles. The Morgan fingerprint density at radius 1 is 1.39 bits per heavy atom. The molecule has 124 valence electrons. The number of aromatic nitrogens is 3. The number of hydrogen-bond donors (Lipinski definition) is 1. The van der Waals surface area contributed by atoms with Gasteiger partial charge < -0.3 is 9.88 Å². The van der Waals surface area contributed by atoms with E-state index < -0.39 is 16.8 Å². The van der Waals surface area contributed by atoms with Gasteiger partial charge in [-0.05, 0) is 24.2 Å². The number of imidazole rings is 1. The lowest BCUT2D eigenvalue weighted by molar-refractivity contribution is -0.380. The van der Waals surface area contributed by atoms with Crippen molar-refractivity contribution in [2.24, 2.45) is 0 Å². The fourth-order valence-corrected chi connectivity index (χ4v) is 3.32. The topological polar surface area (TPSA) is 87.9 Å². The summed E-state index contributed by atoms with van der Waals surface area (Å²) in [5.74, 6) is 0.0934. The highest BCUT2D eigenvalue weighted by atomic mass is 32.1. The lowest BCUT2D eigenvalue weighted by Crippen LogP contribution is -2.34. The van der Waals surface area contributed by atoms with Gasteiger partial charge in [-0.25, -0.2) is 9.97 Å². The van der Waals surface area contributed by atoms with Gasteiger partial charge in [-0.1, -0.05) is 0 Å². The molecule has 1 atom stereocenters. The number of anilines is 1. The van der Waals surface area contributed by atoms with Crippen molar-refractivity contribution in [1.29, 1.82) is 0 Å². The lowest BCUT2D eigenvalue weighted by atomic mass is 9.98. The molecule has 2 aromatic rings. The number of nitrogens with one attached hydrogen (secondary N) is 1. The third-order valence-corrected chi connectivity index (χ3v) is 4.65. The van der Waals surface area contributed by atoms with E-state index in [1.54, 1.807) is 0 Å². The molecule has 0 aliphatic carbocycles. The molecule has 1 fully saturated rings. The molecule has 3 rings (SSSR count). The van der Waals surface area contributed by atoms with Gasteiger partial charge in [0.25, 0.3) is 0 Å². The second-order valence-corrected chi connectivity index (χ2v) is 6.19. The molecule has 23 heavy (non-hydrogen) atoms. The van der Waals surface area contributed by atoms with Crippen LogP contribution in [0.25, 0.3) is 0 Å². The summed E-state index contributed by atoms with van der Waals surface area (Å²) in [5.41, 5.74) is -0.866. The summed E-state index contributed by atoms with van der Waals surface area (Å²) in [4.78, 5) is 22.3. The van der Waals surface area contributed by atoms with Crippen LogP contribution >= 0.6 is 11.3 Å². The predicted molar refractivity (Wildman–Crippen MR) is 76.5 cm³/mol. The first kappa shape index (κ1) is 15.7. The number of nitro groups is 1. The first-order valence-corrected chi connectivity index (χ1v) is 7.63. The summed E-state index contributed by atoms with van der Waals surface area (Å²) >= 11 is 0.959. The fourth-order valence-electron chi connectivity index (χ4n) is 2.55. The van der Waals surface area contributed by atoms with Crippen LogP contribution in [-0.4, -0.2) is 33.0 Å². The zero-order chi connectivity index (χ0) is 16.6. The third kappa shape index (κ3) is 3.28. The summed E-state index contributed by atoms with van der Waals surface area (Å²) in [5, 5.41) is 11.2. The van der Waals surface area contributed by atoms with Gasteiger partial charge in [0.1, 0.15) is 17.7 Å². The summed E-state index contributed by atoms with van der Waals surface area (Å²) < 4.78 is 37.9. The number of aromatic amines is 1. The molecule has 0 radical (unpaired) electrons. The molecular weight excluding hydrogens is 335 g/mol. The van der Waals surface area contributed by atoms with E-state index in [4.69, 9.17) is 0 Å². The van der Waals surface area contributed by atoms with Crippen molar-refractivity contribution in [2.75, 3.05) is 18.0 Å². The smallest absolute Gasteiger partial charge is 0.347 e. The zero-order valence-corrected chi connectivity index (χ0v) is 12.5. The van der Waals surface area contributed by atoms with Crippen molar-refractivity contribution in [2.45, 2.75) is 24.9 Å². The van der Waals surface area contributed by atoms with E-state index in [0.717, 1.165) is 24.0 Å². The van der Waals surface area contributed by atoms with Gasteiger partial charge in [-0.3, -0.25) is 10.1 Å². The number of nitrogens with zero attached hydrogens (tertiary/aromatic N) is 4. The predicted octanol–water partition coefficient (Wildman–Crippen LogP) is 3.18. The molecule has 0 bridgehead atoms. The quantitative estimate of drug-likeness (QED) is 0.680. The van der Waals surface area contributed by atoms with Crippen LogP contribution in [0.3, 0.4) is 0 Å². The van der Waals surface area contributed by atoms with Crippen LogP contribution in [0.1, 0.15) is 30.3 Å². The number of H-pyrrole nitrogens is 1. The van der Waals surface area contributed by atoms with Crippen LogP contribution in [-0.2, 0) is 6.18 Å². The van der Waals surface area contributed by atoms with Crippen molar-refractivity contribution < 1.29 is 18.1 Å². The highest BCUT2D eigenvalue weighted by Crippen LogP contribution is 2.34. The summed E-state index contributed by atoms with van der Waals surface area (Å²) in [7, 11) is 0. The second-order valence-electron chi connectivity index (χ2n) is 5.20. The Balaban J connectivity index is 1.75. The first-order valence-electron chi connectivity index (χ1n) is 6.82. The maximum Gasteiger partial charge on any atom is 0.432 e. The third-order valence-electron chi connectivity index (χ3n) is 3.64. The summed E-state index contributed by atoms with van der Waals surface area (Å²) in [6.45, 7) is 1.09. The number of hydrogen-bond acceptors (Lipinski definition) is 6. The molecule has 1 saturated heterocycles. The Kier molecular flexibility index (Phi) is 3.96. The summed E-state index contributed by atoms with van der Waals surface area (Å²) in [6, 6.07) is 0. The maximum atomic E-state index is 12.6. The lowest BCUT2D eigenvalue weighted by Gasteiger charge is -2.31. The van der Waals surface area contributed by atoms with Crippen molar-refractivity contribution in [1.82, 2.24) is 15.0 Å². The largest absolute Gasteiger partial charge is 0.432 e. The van der Waals surface area contributed by atoms with Crippen LogP contribution in [0, 0.1) is 10.1 Å². The van der Waals surface area contributed by atoms with Gasteiger partial charge in [0.15, 0.2) is 5.13 Å². The second kappa shape index (κ2) is 5.80. The molecule has 0 unspecified atom stereocenters. The van der Waals surface area contributed by atoms with Gasteiger partial charge in [0.2, 0.25) is 0 Å². The van der Waals surface area contributed by atoms with E-state index in [-0.39, 0.29) is 16.7 Å². The van der Waals surface area contributed by atoms with Gasteiger partial charge in [-0.2, -0.15) is 13.2 Å². The number of piperidine rings is 1. The number of halogens is 3. The molecule has 11 heteroatoms. The van der Waals surface area contributed by atoms with E-state index in [0.29, 0.717) is 24.6 Å². The zero-order valence-electron chi connectivity index (χ0n) is 11.7. The van der Waals surface area contributed by atoms with Crippen LogP contribution in [0.2, 0.25) is 0 Å². The molecule has 1 aliphatic rings.